The maximum absolute atomic E-state index is 14.9. The number of hydrogen-bond acceptors (Lipinski definition) is 5. The van der Waals surface area contributed by atoms with Gasteiger partial charge in [0.05, 0.1) is 0 Å². The van der Waals surface area contributed by atoms with Crippen molar-refractivity contribution < 1.29 is 24.1 Å². The maximum atomic E-state index is 14.9. The number of aromatic hydroxyl groups is 2. The lowest BCUT2D eigenvalue weighted by atomic mass is 9.74. The van der Waals surface area contributed by atoms with Crippen LogP contribution in [0.2, 0.25) is 0 Å². The summed E-state index contributed by atoms with van der Waals surface area (Å²) < 4.78 is 27.3. The van der Waals surface area contributed by atoms with E-state index in [1.807, 2.05) is 37.3 Å². The minimum absolute atomic E-state index is 0.146. The Morgan fingerprint density at radius 3 is 2.49 bits per heavy atom. The van der Waals surface area contributed by atoms with E-state index in [2.05, 4.69) is 4.90 Å². The van der Waals surface area contributed by atoms with Crippen LogP contribution < -0.4 is 9.47 Å². The Kier molecular flexibility index (Phi) is 6.82. The van der Waals surface area contributed by atoms with Gasteiger partial charge in [-0.05, 0) is 79.4 Å². The van der Waals surface area contributed by atoms with Crippen molar-refractivity contribution in [2.45, 2.75) is 44.1 Å². The van der Waals surface area contributed by atoms with E-state index in [0.29, 0.717) is 17.9 Å². The molecule has 3 aromatic rings. The number of benzene rings is 3. The van der Waals surface area contributed by atoms with E-state index in [1.165, 1.54) is 25.3 Å². The number of ether oxygens (including phenoxy) is 2. The molecular weight excluding hydrogens is 445 g/mol. The standard InChI is InChI=1S/C29H32FNO4/c1-19-26(21-6-5-7-22(32)18-21)29(35-25-13-12-24(33)28(30)27(19)25)20-8-10-23(11-9-20)34-17-16-31-14-3-2-4-15-31/h5-13,18-19,26,29,32-33H,2-4,14-17H2,1H3. The fourth-order valence-corrected chi connectivity index (χ4v) is 5.44. The predicted molar refractivity (Wildman–Crippen MR) is 133 cm³/mol. The number of hydrogen-bond donors (Lipinski definition) is 2. The van der Waals surface area contributed by atoms with Crippen molar-refractivity contribution in [3.05, 3.63) is 83.2 Å². The Labute approximate surface area is 205 Å². The van der Waals surface area contributed by atoms with Crippen LogP contribution in [-0.2, 0) is 0 Å². The quantitative estimate of drug-likeness (QED) is 0.448. The van der Waals surface area contributed by atoms with Gasteiger partial charge in [0.2, 0.25) is 0 Å². The van der Waals surface area contributed by atoms with E-state index in [4.69, 9.17) is 9.47 Å². The lowest BCUT2D eigenvalue weighted by Gasteiger charge is -2.39. The van der Waals surface area contributed by atoms with Crippen LogP contribution in [0, 0.1) is 5.82 Å². The third kappa shape index (κ3) is 4.94. The number of phenols is 2. The van der Waals surface area contributed by atoms with E-state index in [9.17, 15) is 14.6 Å². The lowest BCUT2D eigenvalue weighted by molar-refractivity contribution is 0.133. The molecule has 3 atom stereocenters. The molecule has 3 aromatic carbocycles. The Hall–Kier alpha value is -3.25. The van der Waals surface area contributed by atoms with Gasteiger partial charge >= 0.3 is 0 Å². The molecule has 5 rings (SSSR count). The van der Waals surface area contributed by atoms with E-state index < -0.39 is 17.7 Å². The number of rotatable bonds is 6. The van der Waals surface area contributed by atoms with Gasteiger partial charge in [0, 0.05) is 18.0 Å². The predicted octanol–water partition coefficient (Wildman–Crippen LogP) is 6.12. The Morgan fingerprint density at radius 2 is 1.74 bits per heavy atom. The topological polar surface area (TPSA) is 62.2 Å². The number of halogens is 1. The SMILES string of the molecule is CC1c2c(ccc(O)c2F)OC(c2ccc(OCCN3CCCCC3)cc2)C1c1cccc(O)c1. The number of phenolic OH excluding ortho intramolecular Hbond substituents is 2. The first-order chi connectivity index (χ1) is 17.0. The smallest absolute Gasteiger partial charge is 0.171 e. The van der Waals surface area contributed by atoms with E-state index in [-0.39, 0.29) is 17.6 Å². The van der Waals surface area contributed by atoms with Crippen LogP contribution in [-0.4, -0.2) is 41.4 Å². The third-order valence-corrected chi connectivity index (χ3v) is 7.28. The fourth-order valence-electron chi connectivity index (χ4n) is 5.44. The van der Waals surface area contributed by atoms with Crippen molar-refractivity contribution in [3.63, 3.8) is 0 Å². The van der Waals surface area contributed by atoms with Crippen molar-refractivity contribution in [1.82, 2.24) is 4.90 Å². The van der Waals surface area contributed by atoms with Gasteiger partial charge in [0.15, 0.2) is 11.6 Å². The van der Waals surface area contributed by atoms with Gasteiger partial charge < -0.3 is 19.7 Å². The van der Waals surface area contributed by atoms with E-state index >= 15 is 0 Å². The van der Waals surface area contributed by atoms with Gasteiger partial charge in [-0.1, -0.05) is 37.6 Å². The monoisotopic (exact) mass is 477 g/mol. The first-order valence-corrected chi connectivity index (χ1v) is 12.4. The Balaban J connectivity index is 1.39. The lowest BCUT2D eigenvalue weighted by Crippen LogP contribution is -2.33. The maximum Gasteiger partial charge on any atom is 0.171 e. The van der Waals surface area contributed by atoms with Crippen molar-refractivity contribution in [2.75, 3.05) is 26.2 Å². The van der Waals surface area contributed by atoms with Crippen molar-refractivity contribution in [3.8, 4) is 23.0 Å². The highest BCUT2D eigenvalue weighted by Gasteiger charge is 2.40. The molecule has 0 spiro atoms. The van der Waals surface area contributed by atoms with Gasteiger partial charge in [-0.15, -0.1) is 0 Å². The Bertz CT molecular complexity index is 1160. The molecule has 1 fully saturated rings. The molecular formula is C29H32FNO4. The second-order valence-corrected chi connectivity index (χ2v) is 9.58. The number of piperidine rings is 1. The highest BCUT2D eigenvalue weighted by atomic mass is 19.1. The third-order valence-electron chi connectivity index (χ3n) is 7.28. The number of fused-ring (bicyclic) bond motifs is 1. The summed E-state index contributed by atoms with van der Waals surface area (Å²) in [6, 6.07) is 17.8. The highest BCUT2D eigenvalue weighted by molar-refractivity contribution is 5.49. The molecule has 0 saturated carbocycles. The summed E-state index contributed by atoms with van der Waals surface area (Å²) >= 11 is 0. The zero-order valence-electron chi connectivity index (χ0n) is 20.0. The molecule has 35 heavy (non-hydrogen) atoms. The molecule has 2 aliphatic rings. The van der Waals surface area contributed by atoms with Crippen molar-refractivity contribution >= 4 is 0 Å². The number of nitrogens with zero attached hydrogens (tertiary/aromatic N) is 1. The molecule has 2 heterocycles. The van der Waals surface area contributed by atoms with Crippen LogP contribution in [0.25, 0.3) is 0 Å². The van der Waals surface area contributed by atoms with Crippen molar-refractivity contribution in [1.29, 1.82) is 0 Å². The molecule has 0 radical (unpaired) electrons. The van der Waals surface area contributed by atoms with Gasteiger partial charge in [0.25, 0.3) is 0 Å². The summed E-state index contributed by atoms with van der Waals surface area (Å²) in [4.78, 5) is 2.45. The van der Waals surface area contributed by atoms with Gasteiger partial charge in [-0.25, -0.2) is 4.39 Å². The summed E-state index contributed by atoms with van der Waals surface area (Å²) in [6.07, 6.45) is 3.46. The Morgan fingerprint density at radius 1 is 0.971 bits per heavy atom. The number of likely N-dealkylation sites (tertiary alicyclic amines) is 1. The van der Waals surface area contributed by atoms with Crippen LogP contribution >= 0.6 is 0 Å². The second kappa shape index (κ2) is 10.2. The summed E-state index contributed by atoms with van der Waals surface area (Å²) in [6.45, 7) is 5.81. The molecule has 6 heteroatoms. The molecule has 184 valence electrons. The summed E-state index contributed by atoms with van der Waals surface area (Å²) in [7, 11) is 0. The van der Waals surface area contributed by atoms with Crippen LogP contribution in [0.3, 0.4) is 0 Å². The van der Waals surface area contributed by atoms with Gasteiger partial charge in [-0.3, -0.25) is 4.90 Å². The molecule has 2 N–H and O–H groups in total. The minimum atomic E-state index is -0.656. The molecule has 0 amide bonds. The summed E-state index contributed by atoms with van der Waals surface area (Å²) in [5.41, 5.74) is 2.14. The van der Waals surface area contributed by atoms with Crippen LogP contribution in [0.4, 0.5) is 4.39 Å². The zero-order valence-corrected chi connectivity index (χ0v) is 20.0. The van der Waals surface area contributed by atoms with Gasteiger partial charge in [-0.2, -0.15) is 0 Å². The largest absolute Gasteiger partial charge is 0.508 e. The first kappa shape index (κ1) is 23.5. The van der Waals surface area contributed by atoms with Crippen LogP contribution in [0.15, 0.2) is 60.7 Å². The van der Waals surface area contributed by atoms with E-state index in [1.54, 1.807) is 24.3 Å². The van der Waals surface area contributed by atoms with E-state index in [0.717, 1.165) is 36.5 Å². The van der Waals surface area contributed by atoms with Crippen LogP contribution in [0.5, 0.6) is 23.0 Å². The second-order valence-electron chi connectivity index (χ2n) is 9.58. The minimum Gasteiger partial charge on any atom is -0.508 e. The molecule has 1 saturated heterocycles. The fraction of sp³-hybridized carbons (Fsp3) is 0.379. The molecule has 5 nitrogen and oxygen atoms in total. The average molecular weight is 478 g/mol. The molecule has 3 unspecified atom stereocenters. The van der Waals surface area contributed by atoms with Gasteiger partial charge in [0.1, 0.15) is 30.0 Å². The normalized spacial score (nSPS) is 22.3. The zero-order chi connectivity index (χ0) is 24.4. The van der Waals surface area contributed by atoms with Crippen molar-refractivity contribution in [2.24, 2.45) is 0 Å². The molecule has 0 aromatic heterocycles. The van der Waals surface area contributed by atoms with Crippen LogP contribution in [0.1, 0.15) is 60.8 Å². The molecule has 0 aliphatic carbocycles. The summed E-state index contributed by atoms with van der Waals surface area (Å²) in [5.74, 6) is -0.228. The average Bonchev–Trinajstić information content (AvgIpc) is 2.87. The first-order valence-electron chi connectivity index (χ1n) is 12.4. The highest BCUT2D eigenvalue weighted by Crippen LogP contribution is 2.53. The molecule has 2 aliphatic heterocycles. The molecule has 0 bridgehead atoms. The summed E-state index contributed by atoms with van der Waals surface area (Å²) in [5, 5.41) is 20.1.